The molecule has 182 valence electrons. The minimum Gasteiger partial charge on any atom is -0.376 e. The maximum atomic E-state index is 14.2. The van der Waals surface area contributed by atoms with Gasteiger partial charge in [0.25, 0.3) is 0 Å². The lowest BCUT2D eigenvalue weighted by Gasteiger charge is -2.27. The number of sulfone groups is 1. The number of rotatable bonds is 10. The van der Waals surface area contributed by atoms with Crippen molar-refractivity contribution < 1.29 is 22.3 Å². The molecule has 1 atom stereocenters. The van der Waals surface area contributed by atoms with Crippen LogP contribution < -0.4 is 0 Å². The second-order valence-corrected chi connectivity index (χ2v) is 11.3. The molecule has 9 heteroatoms. The highest BCUT2D eigenvalue weighted by Gasteiger charge is 2.29. The summed E-state index contributed by atoms with van der Waals surface area (Å²) in [6, 6.07) is 5.85. The first kappa shape index (κ1) is 25.4. The summed E-state index contributed by atoms with van der Waals surface area (Å²) >= 11 is 0. The molecule has 2 heterocycles. The smallest absolute Gasteiger partial charge is 0.228 e. The van der Waals surface area contributed by atoms with E-state index in [9.17, 15) is 17.6 Å². The third-order valence-corrected chi connectivity index (χ3v) is 7.21. The van der Waals surface area contributed by atoms with Gasteiger partial charge in [-0.15, -0.1) is 0 Å². The van der Waals surface area contributed by atoms with Crippen molar-refractivity contribution in [2.75, 3.05) is 13.2 Å². The minimum absolute atomic E-state index is 0.00401. The lowest BCUT2D eigenvalue weighted by atomic mass is 10.1. The number of hydrogen-bond acceptors (Lipinski definition) is 5. The Morgan fingerprint density at radius 2 is 2.00 bits per heavy atom. The molecule has 2 aromatic rings. The van der Waals surface area contributed by atoms with E-state index in [0.717, 1.165) is 12.8 Å². The summed E-state index contributed by atoms with van der Waals surface area (Å²) in [5, 5.41) is -0.113. The highest BCUT2D eigenvalue weighted by molar-refractivity contribution is 7.90. The number of hydrogen-bond donors (Lipinski definition) is 0. The molecule has 1 unspecified atom stereocenters. The molecule has 1 aliphatic rings. The van der Waals surface area contributed by atoms with Crippen LogP contribution in [0.3, 0.4) is 0 Å². The number of ether oxygens (including phenoxy) is 1. The van der Waals surface area contributed by atoms with Crippen LogP contribution in [0.4, 0.5) is 4.39 Å². The zero-order valence-corrected chi connectivity index (χ0v) is 20.6. The van der Waals surface area contributed by atoms with Crippen molar-refractivity contribution in [2.45, 2.75) is 70.6 Å². The molecule has 0 spiro atoms. The van der Waals surface area contributed by atoms with Crippen molar-refractivity contribution in [1.82, 2.24) is 14.5 Å². The molecule has 1 saturated heterocycles. The van der Waals surface area contributed by atoms with Crippen molar-refractivity contribution in [1.29, 1.82) is 0 Å². The summed E-state index contributed by atoms with van der Waals surface area (Å²) in [6.07, 6.45) is 3.13. The number of benzene rings is 1. The molecule has 3 rings (SSSR count). The van der Waals surface area contributed by atoms with E-state index in [1.807, 2.05) is 27.7 Å². The van der Waals surface area contributed by atoms with Crippen LogP contribution in [0.1, 0.15) is 51.8 Å². The molecule has 0 aliphatic carbocycles. The first-order valence-corrected chi connectivity index (χ1v) is 13.1. The van der Waals surface area contributed by atoms with E-state index in [0.29, 0.717) is 25.4 Å². The lowest BCUT2D eigenvalue weighted by Crippen LogP contribution is -2.37. The van der Waals surface area contributed by atoms with Gasteiger partial charge in [0, 0.05) is 24.6 Å². The molecular weight excluding hydrogens is 445 g/mol. The summed E-state index contributed by atoms with van der Waals surface area (Å²) in [5.41, 5.74) is 0.731. The Morgan fingerprint density at radius 1 is 1.27 bits per heavy atom. The van der Waals surface area contributed by atoms with E-state index in [2.05, 4.69) is 4.98 Å². The summed E-state index contributed by atoms with van der Waals surface area (Å²) in [6.45, 7) is 9.55. The fraction of sp³-hybridized carbons (Fsp3) is 0.583. The first-order chi connectivity index (χ1) is 15.6. The van der Waals surface area contributed by atoms with Crippen LogP contribution in [0.2, 0.25) is 0 Å². The van der Waals surface area contributed by atoms with Crippen molar-refractivity contribution in [3.05, 3.63) is 47.5 Å². The highest BCUT2D eigenvalue weighted by Crippen LogP contribution is 2.24. The van der Waals surface area contributed by atoms with Crippen molar-refractivity contribution in [3.63, 3.8) is 0 Å². The van der Waals surface area contributed by atoms with E-state index in [-0.39, 0.29) is 41.1 Å². The lowest BCUT2D eigenvalue weighted by molar-refractivity contribution is -0.135. The molecule has 1 amide bonds. The molecule has 0 saturated carbocycles. The SMILES string of the molecule is CC(C)CN(Cc1cnc(S(=O)(=O)Cc2ccccc2F)n1CC1CCCO1)C(=O)C(C)C. The minimum atomic E-state index is -3.93. The van der Waals surface area contributed by atoms with Crippen molar-refractivity contribution >= 4 is 15.7 Å². The summed E-state index contributed by atoms with van der Waals surface area (Å²) < 4.78 is 48.2. The highest BCUT2D eigenvalue weighted by atomic mass is 32.2. The maximum Gasteiger partial charge on any atom is 0.228 e. The van der Waals surface area contributed by atoms with E-state index in [1.165, 1.54) is 24.4 Å². The molecule has 0 radical (unpaired) electrons. The van der Waals surface area contributed by atoms with Crippen LogP contribution in [0.15, 0.2) is 35.6 Å². The topological polar surface area (TPSA) is 81.5 Å². The Labute approximate surface area is 195 Å². The summed E-state index contributed by atoms with van der Waals surface area (Å²) in [4.78, 5) is 18.8. The fourth-order valence-corrected chi connectivity index (χ4v) is 5.59. The number of carbonyl (C=O) groups is 1. The third-order valence-electron chi connectivity index (χ3n) is 5.64. The summed E-state index contributed by atoms with van der Waals surface area (Å²) in [5.74, 6) is -0.968. The van der Waals surface area contributed by atoms with Gasteiger partial charge in [0.1, 0.15) is 5.82 Å². The number of amides is 1. The third kappa shape index (κ3) is 6.41. The van der Waals surface area contributed by atoms with Crippen molar-refractivity contribution in [3.8, 4) is 0 Å². The Kier molecular flexibility index (Phi) is 8.28. The normalized spacial score (nSPS) is 16.6. The van der Waals surface area contributed by atoms with Crippen LogP contribution >= 0.6 is 0 Å². The van der Waals surface area contributed by atoms with Gasteiger partial charge in [-0.2, -0.15) is 0 Å². The van der Waals surface area contributed by atoms with Crippen LogP contribution in [0, 0.1) is 17.7 Å². The Balaban J connectivity index is 1.97. The second-order valence-electron chi connectivity index (χ2n) is 9.40. The average molecular weight is 480 g/mol. The van der Waals surface area contributed by atoms with Crippen LogP contribution in [0.5, 0.6) is 0 Å². The molecule has 0 bridgehead atoms. The zero-order chi connectivity index (χ0) is 24.2. The molecule has 0 N–H and O–H groups in total. The van der Waals surface area contributed by atoms with Crippen LogP contribution in [-0.2, 0) is 38.2 Å². The Morgan fingerprint density at radius 3 is 2.61 bits per heavy atom. The molecular formula is C24H34FN3O4S. The zero-order valence-electron chi connectivity index (χ0n) is 19.8. The van der Waals surface area contributed by atoms with Gasteiger partial charge in [-0.05, 0) is 24.8 Å². The van der Waals surface area contributed by atoms with Gasteiger partial charge in [-0.1, -0.05) is 45.9 Å². The van der Waals surface area contributed by atoms with Gasteiger partial charge in [0.2, 0.25) is 20.9 Å². The Hall–Kier alpha value is -2.26. The maximum absolute atomic E-state index is 14.2. The summed E-state index contributed by atoms with van der Waals surface area (Å²) in [7, 11) is -3.93. The standard InChI is InChI=1S/C24H34FN3O4S/c1-17(2)13-27(23(29)18(3)4)14-20-12-26-24(28(20)15-21-9-7-11-32-21)33(30,31)16-19-8-5-6-10-22(19)25/h5-6,8,10,12,17-18,21H,7,9,11,13-16H2,1-4H3. The number of halogens is 1. The van der Waals surface area contributed by atoms with E-state index in [4.69, 9.17) is 4.74 Å². The monoisotopic (exact) mass is 479 g/mol. The van der Waals surface area contributed by atoms with Crippen LogP contribution in [0.25, 0.3) is 0 Å². The Bertz CT molecular complexity index is 1060. The molecule has 1 fully saturated rings. The quantitative estimate of drug-likeness (QED) is 0.518. The van der Waals surface area contributed by atoms with Gasteiger partial charge < -0.3 is 14.2 Å². The molecule has 1 aromatic carbocycles. The predicted molar refractivity (Wildman–Crippen MR) is 124 cm³/mol. The largest absolute Gasteiger partial charge is 0.376 e. The van der Waals surface area contributed by atoms with E-state index in [1.54, 1.807) is 15.5 Å². The molecule has 7 nitrogen and oxygen atoms in total. The van der Waals surface area contributed by atoms with Gasteiger partial charge in [0.15, 0.2) is 0 Å². The average Bonchev–Trinajstić information content (AvgIpc) is 3.39. The van der Waals surface area contributed by atoms with Crippen molar-refractivity contribution in [2.24, 2.45) is 11.8 Å². The second kappa shape index (κ2) is 10.8. The number of nitrogens with zero attached hydrogens (tertiary/aromatic N) is 3. The predicted octanol–water partition coefficient (Wildman–Crippen LogP) is 3.82. The molecule has 33 heavy (non-hydrogen) atoms. The number of imidazole rings is 1. The first-order valence-electron chi connectivity index (χ1n) is 11.5. The molecule has 1 aromatic heterocycles. The van der Waals surface area contributed by atoms with E-state index >= 15 is 0 Å². The van der Waals surface area contributed by atoms with Gasteiger partial charge in [-0.3, -0.25) is 4.79 Å². The molecule has 1 aliphatic heterocycles. The van der Waals surface area contributed by atoms with Gasteiger partial charge in [-0.25, -0.2) is 17.8 Å². The van der Waals surface area contributed by atoms with Crippen LogP contribution in [-0.4, -0.2) is 48.0 Å². The van der Waals surface area contributed by atoms with Gasteiger partial charge in [0.05, 0.1) is 36.8 Å². The number of carbonyl (C=O) groups excluding carboxylic acids is 1. The van der Waals surface area contributed by atoms with Gasteiger partial charge >= 0.3 is 0 Å². The fourth-order valence-electron chi connectivity index (χ4n) is 4.07. The number of aromatic nitrogens is 2. The van der Waals surface area contributed by atoms with E-state index < -0.39 is 21.4 Å².